The van der Waals surface area contributed by atoms with Crippen LogP contribution in [0.15, 0.2) is 18.3 Å². The number of anilines is 2. The van der Waals surface area contributed by atoms with Crippen LogP contribution in [0.4, 0.5) is 11.5 Å². The fourth-order valence-electron chi connectivity index (χ4n) is 2.35. The molecule has 104 valence electrons. The molecular weight excluding hydrogens is 242 g/mol. The highest BCUT2D eigenvalue weighted by Crippen LogP contribution is 2.27. The van der Waals surface area contributed by atoms with E-state index in [4.69, 9.17) is 4.74 Å². The predicted octanol–water partition coefficient (Wildman–Crippen LogP) is 2.05. The molecule has 1 unspecified atom stereocenters. The summed E-state index contributed by atoms with van der Waals surface area (Å²) in [5, 5.41) is 3.25. The Morgan fingerprint density at radius 3 is 2.89 bits per heavy atom. The molecule has 1 aliphatic rings. The van der Waals surface area contributed by atoms with Gasteiger partial charge in [0.25, 0.3) is 0 Å². The Bertz CT molecular complexity index is 430. The van der Waals surface area contributed by atoms with Crippen LogP contribution in [0.3, 0.4) is 0 Å². The Morgan fingerprint density at radius 1 is 1.53 bits per heavy atom. The number of pyridine rings is 1. The quantitative estimate of drug-likeness (QED) is 0.824. The van der Waals surface area contributed by atoms with Crippen LogP contribution in [0.5, 0.6) is 0 Å². The van der Waals surface area contributed by atoms with Crippen LogP contribution >= 0.6 is 0 Å². The maximum absolute atomic E-state index is 11.7. The van der Waals surface area contributed by atoms with Crippen LogP contribution in [0.1, 0.15) is 26.2 Å². The van der Waals surface area contributed by atoms with Gasteiger partial charge in [-0.1, -0.05) is 6.92 Å². The van der Waals surface area contributed by atoms with E-state index in [0.29, 0.717) is 6.42 Å². The van der Waals surface area contributed by atoms with Gasteiger partial charge in [0.05, 0.1) is 12.8 Å². The van der Waals surface area contributed by atoms with E-state index in [9.17, 15) is 4.79 Å². The van der Waals surface area contributed by atoms with Crippen molar-refractivity contribution in [2.24, 2.45) is 0 Å². The van der Waals surface area contributed by atoms with Gasteiger partial charge in [-0.25, -0.2) is 9.78 Å². The van der Waals surface area contributed by atoms with Crippen molar-refractivity contribution in [2.75, 3.05) is 30.4 Å². The van der Waals surface area contributed by atoms with Gasteiger partial charge in [0.1, 0.15) is 6.04 Å². The molecule has 1 aromatic rings. The second kappa shape index (κ2) is 6.41. The maximum Gasteiger partial charge on any atom is 0.328 e. The van der Waals surface area contributed by atoms with Gasteiger partial charge in [-0.15, -0.1) is 0 Å². The number of carbonyl (C=O) groups excluding carboxylic acids is 1. The fourth-order valence-corrected chi connectivity index (χ4v) is 2.35. The Balaban J connectivity index is 2.17. The fraction of sp³-hybridized carbons (Fsp3) is 0.571. The minimum Gasteiger partial charge on any atom is -0.467 e. The second-order valence-corrected chi connectivity index (χ2v) is 4.70. The zero-order valence-electron chi connectivity index (χ0n) is 11.6. The lowest BCUT2D eigenvalue weighted by atomic mass is 10.2. The summed E-state index contributed by atoms with van der Waals surface area (Å²) in [5.74, 6) is 0.695. The molecule has 2 rings (SSSR count). The van der Waals surface area contributed by atoms with E-state index < -0.39 is 0 Å². The molecule has 0 spiro atoms. The summed E-state index contributed by atoms with van der Waals surface area (Å²) in [6, 6.07) is 3.52. The lowest BCUT2D eigenvalue weighted by Gasteiger charge is -2.23. The van der Waals surface area contributed by atoms with E-state index in [0.717, 1.165) is 24.6 Å². The lowest BCUT2D eigenvalue weighted by molar-refractivity contribution is -0.141. The van der Waals surface area contributed by atoms with E-state index in [-0.39, 0.29) is 12.0 Å². The number of hydrogen-bond donors (Lipinski definition) is 1. The van der Waals surface area contributed by atoms with Crippen molar-refractivity contribution in [3.05, 3.63) is 18.3 Å². The number of aromatic nitrogens is 1. The maximum atomic E-state index is 11.7. The zero-order chi connectivity index (χ0) is 13.7. The summed E-state index contributed by atoms with van der Waals surface area (Å²) < 4.78 is 4.81. The molecule has 1 fully saturated rings. The van der Waals surface area contributed by atoms with E-state index in [1.807, 2.05) is 19.1 Å². The molecule has 1 atom stereocenters. The highest BCUT2D eigenvalue weighted by molar-refractivity contribution is 5.81. The topological polar surface area (TPSA) is 54.5 Å². The molecule has 0 amide bonds. The second-order valence-electron chi connectivity index (χ2n) is 4.70. The van der Waals surface area contributed by atoms with Crippen molar-refractivity contribution < 1.29 is 9.53 Å². The average molecular weight is 263 g/mol. The van der Waals surface area contributed by atoms with Gasteiger partial charge in [-0.3, -0.25) is 0 Å². The molecule has 0 bridgehead atoms. The summed E-state index contributed by atoms with van der Waals surface area (Å²) in [5.41, 5.74) is 0.904. The molecular formula is C14H21N3O2. The molecule has 19 heavy (non-hydrogen) atoms. The number of hydrogen-bond acceptors (Lipinski definition) is 5. The molecule has 1 aliphatic heterocycles. The molecule has 1 aromatic heterocycles. The van der Waals surface area contributed by atoms with E-state index in [2.05, 4.69) is 15.2 Å². The van der Waals surface area contributed by atoms with Gasteiger partial charge in [-0.05, 0) is 31.4 Å². The minimum absolute atomic E-state index is 0.237. The van der Waals surface area contributed by atoms with E-state index in [1.165, 1.54) is 20.0 Å². The molecule has 0 saturated carbocycles. The largest absolute Gasteiger partial charge is 0.467 e. The molecule has 0 radical (unpaired) electrons. The average Bonchev–Trinajstić information content (AvgIpc) is 2.98. The third-order valence-electron chi connectivity index (χ3n) is 3.42. The van der Waals surface area contributed by atoms with Crippen LogP contribution in [0, 0.1) is 0 Å². The van der Waals surface area contributed by atoms with Gasteiger partial charge in [0.2, 0.25) is 0 Å². The Labute approximate surface area is 114 Å². The van der Waals surface area contributed by atoms with Crippen molar-refractivity contribution in [1.29, 1.82) is 0 Å². The Hall–Kier alpha value is -1.78. The van der Waals surface area contributed by atoms with Gasteiger partial charge >= 0.3 is 5.97 Å². The standard InChI is InChI=1S/C14H21N3O2/c1-3-11(14(18)19-2)16-12-7-6-8-15-13(12)17-9-4-5-10-17/h6-8,11,16H,3-5,9-10H2,1-2H3. The molecule has 5 nitrogen and oxygen atoms in total. The third-order valence-corrected chi connectivity index (χ3v) is 3.42. The van der Waals surface area contributed by atoms with Gasteiger partial charge < -0.3 is 15.0 Å². The molecule has 5 heteroatoms. The summed E-state index contributed by atoms with van der Waals surface area (Å²) in [6.45, 7) is 4.02. The van der Waals surface area contributed by atoms with Crippen LogP contribution in [-0.4, -0.2) is 37.2 Å². The number of nitrogens with zero attached hydrogens (tertiary/aromatic N) is 2. The monoisotopic (exact) mass is 263 g/mol. The molecule has 0 aromatic carbocycles. The Morgan fingerprint density at radius 2 is 2.26 bits per heavy atom. The number of rotatable bonds is 5. The van der Waals surface area contributed by atoms with E-state index >= 15 is 0 Å². The molecule has 0 aliphatic carbocycles. The third kappa shape index (κ3) is 3.16. The van der Waals surface area contributed by atoms with Crippen molar-refractivity contribution in [2.45, 2.75) is 32.2 Å². The summed E-state index contributed by atoms with van der Waals surface area (Å²) in [4.78, 5) is 18.4. The highest BCUT2D eigenvalue weighted by Gasteiger charge is 2.21. The smallest absolute Gasteiger partial charge is 0.328 e. The summed E-state index contributed by atoms with van der Waals surface area (Å²) >= 11 is 0. The SMILES string of the molecule is CCC(Nc1cccnc1N1CCCC1)C(=O)OC. The first kappa shape index (κ1) is 13.6. The van der Waals surface area contributed by atoms with Gasteiger partial charge in [0.15, 0.2) is 5.82 Å². The predicted molar refractivity (Wildman–Crippen MR) is 75.4 cm³/mol. The van der Waals surface area contributed by atoms with Crippen molar-refractivity contribution >= 4 is 17.5 Å². The van der Waals surface area contributed by atoms with Crippen molar-refractivity contribution in [3.8, 4) is 0 Å². The molecule has 1 saturated heterocycles. The summed E-state index contributed by atoms with van der Waals surface area (Å²) in [6.07, 6.45) is 4.87. The first-order chi connectivity index (χ1) is 9.26. The molecule has 1 N–H and O–H groups in total. The number of methoxy groups -OCH3 is 1. The first-order valence-electron chi connectivity index (χ1n) is 6.80. The minimum atomic E-state index is -0.324. The summed E-state index contributed by atoms with van der Waals surface area (Å²) in [7, 11) is 1.41. The van der Waals surface area contributed by atoms with Crippen LogP contribution < -0.4 is 10.2 Å². The zero-order valence-corrected chi connectivity index (χ0v) is 11.6. The van der Waals surface area contributed by atoms with Crippen LogP contribution in [-0.2, 0) is 9.53 Å². The number of ether oxygens (including phenoxy) is 1. The van der Waals surface area contributed by atoms with Crippen LogP contribution in [0.2, 0.25) is 0 Å². The van der Waals surface area contributed by atoms with Gasteiger partial charge in [-0.2, -0.15) is 0 Å². The van der Waals surface area contributed by atoms with Gasteiger partial charge in [0, 0.05) is 19.3 Å². The van der Waals surface area contributed by atoms with Crippen LogP contribution in [0.25, 0.3) is 0 Å². The first-order valence-corrected chi connectivity index (χ1v) is 6.80. The lowest BCUT2D eigenvalue weighted by Crippen LogP contribution is -2.31. The van der Waals surface area contributed by atoms with Crippen molar-refractivity contribution in [3.63, 3.8) is 0 Å². The molecule has 2 heterocycles. The highest BCUT2D eigenvalue weighted by atomic mass is 16.5. The number of esters is 1. The van der Waals surface area contributed by atoms with Crippen molar-refractivity contribution in [1.82, 2.24) is 4.98 Å². The number of nitrogens with one attached hydrogen (secondary N) is 1. The number of carbonyl (C=O) groups is 1. The Kier molecular flexibility index (Phi) is 4.60. The van der Waals surface area contributed by atoms with E-state index in [1.54, 1.807) is 6.20 Å². The normalized spacial score (nSPS) is 16.2.